The lowest BCUT2D eigenvalue weighted by molar-refractivity contribution is -0.137. The number of aromatic nitrogens is 2. The summed E-state index contributed by atoms with van der Waals surface area (Å²) in [5.74, 6) is 0.535. The van der Waals surface area contributed by atoms with Gasteiger partial charge in [0.2, 0.25) is 0 Å². The largest absolute Gasteiger partial charge is 0.457 e. The van der Waals surface area contributed by atoms with E-state index in [2.05, 4.69) is 15.5 Å². The van der Waals surface area contributed by atoms with Crippen LogP contribution in [0.25, 0.3) is 21.7 Å². The van der Waals surface area contributed by atoms with E-state index in [0.717, 1.165) is 39.4 Å². The van der Waals surface area contributed by atoms with Crippen molar-refractivity contribution in [3.8, 4) is 11.5 Å². The van der Waals surface area contributed by atoms with E-state index in [1.165, 1.54) is 12.1 Å². The fourth-order valence-corrected chi connectivity index (χ4v) is 4.03. The first-order valence-corrected chi connectivity index (χ1v) is 10.9. The Morgan fingerprint density at radius 1 is 0.971 bits per heavy atom. The van der Waals surface area contributed by atoms with Crippen LogP contribution in [-0.2, 0) is 6.18 Å². The Labute approximate surface area is 198 Å². The molecule has 0 spiro atoms. The van der Waals surface area contributed by atoms with Gasteiger partial charge < -0.3 is 10.1 Å². The quantitative estimate of drug-likeness (QED) is 0.287. The minimum Gasteiger partial charge on any atom is -0.457 e. The third-order valence-corrected chi connectivity index (χ3v) is 5.84. The van der Waals surface area contributed by atoms with E-state index in [9.17, 15) is 18.0 Å². The van der Waals surface area contributed by atoms with Crippen molar-refractivity contribution in [2.24, 2.45) is 0 Å². The molecule has 176 valence electrons. The summed E-state index contributed by atoms with van der Waals surface area (Å²) in [6.45, 7) is 1.91. The van der Waals surface area contributed by atoms with Gasteiger partial charge in [0.1, 0.15) is 11.5 Å². The van der Waals surface area contributed by atoms with E-state index < -0.39 is 11.7 Å². The van der Waals surface area contributed by atoms with Crippen molar-refractivity contribution >= 4 is 27.6 Å². The molecule has 0 saturated carbocycles. The maximum Gasteiger partial charge on any atom is 0.416 e. The molecule has 1 amide bonds. The van der Waals surface area contributed by atoms with Gasteiger partial charge in [0.15, 0.2) is 0 Å². The maximum absolute atomic E-state index is 13.0. The number of ether oxygens (including phenoxy) is 1. The summed E-state index contributed by atoms with van der Waals surface area (Å²) in [5.41, 5.74) is 1.55. The molecule has 1 atom stereocenters. The van der Waals surface area contributed by atoms with Crippen LogP contribution in [0.2, 0.25) is 0 Å². The van der Waals surface area contributed by atoms with Gasteiger partial charge in [0.05, 0.1) is 23.3 Å². The number of H-pyrrole nitrogens is 1. The zero-order valence-electron chi connectivity index (χ0n) is 18.6. The predicted octanol–water partition coefficient (Wildman–Crippen LogP) is 7.02. The van der Waals surface area contributed by atoms with Crippen LogP contribution < -0.4 is 10.1 Å². The highest BCUT2D eigenvalue weighted by atomic mass is 19.4. The number of hydrogen-bond acceptors (Lipinski definition) is 3. The van der Waals surface area contributed by atoms with Crippen LogP contribution in [0.4, 0.5) is 13.2 Å². The molecule has 35 heavy (non-hydrogen) atoms. The number of carbonyl (C=O) groups is 1. The molecule has 0 aliphatic carbocycles. The number of aromatic amines is 1. The molecular formula is C27H20F3N3O2. The zero-order chi connectivity index (χ0) is 24.6. The molecule has 0 aliphatic rings. The molecule has 0 saturated heterocycles. The molecule has 0 aliphatic heterocycles. The highest BCUT2D eigenvalue weighted by Crippen LogP contribution is 2.34. The number of para-hydroxylation sites is 1. The van der Waals surface area contributed by atoms with Crippen molar-refractivity contribution in [3.05, 3.63) is 102 Å². The van der Waals surface area contributed by atoms with E-state index in [0.29, 0.717) is 11.3 Å². The second-order valence-corrected chi connectivity index (χ2v) is 8.19. The van der Waals surface area contributed by atoms with Crippen molar-refractivity contribution in [1.29, 1.82) is 0 Å². The molecule has 5 nitrogen and oxygen atoms in total. The summed E-state index contributed by atoms with van der Waals surface area (Å²) >= 11 is 0. The number of benzene rings is 4. The minimum atomic E-state index is -4.41. The Kier molecular flexibility index (Phi) is 5.64. The van der Waals surface area contributed by atoms with Gasteiger partial charge in [0, 0.05) is 16.3 Å². The smallest absolute Gasteiger partial charge is 0.416 e. The van der Waals surface area contributed by atoms with E-state index >= 15 is 0 Å². The summed E-state index contributed by atoms with van der Waals surface area (Å²) in [4.78, 5) is 13.0. The Bertz CT molecular complexity index is 1520. The average Bonchev–Trinajstić information content (AvgIpc) is 3.33. The topological polar surface area (TPSA) is 67.0 Å². The van der Waals surface area contributed by atoms with Crippen molar-refractivity contribution in [3.63, 3.8) is 0 Å². The standard InChI is InChI=1S/C27H20F3N3O2/c1-16(22-6-2-5-19-15-31-33-25(19)22)32-26(34)18-8-13-23-17(14-18)4-3-7-24(23)35-21-11-9-20(10-12-21)27(28,29)30/h2-16H,1H3,(H,31,33)(H,32,34). The van der Waals surface area contributed by atoms with Gasteiger partial charge in [-0.3, -0.25) is 9.89 Å². The third-order valence-electron chi connectivity index (χ3n) is 5.84. The molecule has 1 unspecified atom stereocenters. The van der Waals surface area contributed by atoms with Crippen LogP contribution in [0.5, 0.6) is 11.5 Å². The van der Waals surface area contributed by atoms with Crippen LogP contribution in [0.15, 0.2) is 85.1 Å². The summed E-state index contributed by atoms with van der Waals surface area (Å²) < 4.78 is 44.3. The van der Waals surface area contributed by atoms with Crippen LogP contribution >= 0.6 is 0 Å². The number of fused-ring (bicyclic) bond motifs is 2. The molecule has 4 aromatic carbocycles. The Morgan fingerprint density at radius 3 is 2.49 bits per heavy atom. The highest BCUT2D eigenvalue weighted by molar-refractivity contribution is 6.00. The molecule has 2 N–H and O–H groups in total. The normalized spacial score (nSPS) is 12.6. The zero-order valence-corrected chi connectivity index (χ0v) is 18.6. The number of rotatable bonds is 5. The van der Waals surface area contributed by atoms with Crippen molar-refractivity contribution in [2.45, 2.75) is 19.1 Å². The van der Waals surface area contributed by atoms with Crippen molar-refractivity contribution in [2.75, 3.05) is 0 Å². The number of nitrogens with one attached hydrogen (secondary N) is 2. The molecule has 5 rings (SSSR count). The number of alkyl halides is 3. The van der Waals surface area contributed by atoms with Gasteiger partial charge in [-0.25, -0.2) is 0 Å². The number of halogens is 3. The van der Waals surface area contributed by atoms with Crippen molar-refractivity contribution in [1.82, 2.24) is 15.5 Å². The van der Waals surface area contributed by atoms with Crippen molar-refractivity contribution < 1.29 is 22.7 Å². The molecule has 0 bridgehead atoms. The van der Waals surface area contributed by atoms with Crippen LogP contribution in [0.1, 0.15) is 34.5 Å². The predicted molar refractivity (Wildman–Crippen MR) is 127 cm³/mol. The SMILES string of the molecule is CC(NC(=O)c1ccc2c(Oc3ccc(C(F)(F)F)cc3)cccc2c1)c1cccc2cn[nH]c12. The van der Waals surface area contributed by atoms with E-state index in [1.807, 2.05) is 31.2 Å². The van der Waals surface area contributed by atoms with Crippen LogP contribution in [0.3, 0.4) is 0 Å². The fourth-order valence-electron chi connectivity index (χ4n) is 4.03. The fraction of sp³-hybridized carbons (Fsp3) is 0.111. The highest BCUT2D eigenvalue weighted by Gasteiger charge is 2.30. The van der Waals surface area contributed by atoms with Gasteiger partial charge in [-0.05, 0) is 66.4 Å². The monoisotopic (exact) mass is 475 g/mol. The number of nitrogens with zero attached hydrogens (tertiary/aromatic N) is 1. The summed E-state index contributed by atoms with van der Waals surface area (Å²) in [7, 11) is 0. The first kappa shape index (κ1) is 22.5. The number of hydrogen-bond donors (Lipinski definition) is 2. The third kappa shape index (κ3) is 4.55. The van der Waals surface area contributed by atoms with Gasteiger partial charge >= 0.3 is 6.18 Å². The molecule has 1 aromatic heterocycles. The first-order valence-electron chi connectivity index (χ1n) is 10.9. The lowest BCUT2D eigenvalue weighted by Crippen LogP contribution is -2.26. The first-order chi connectivity index (χ1) is 16.8. The van der Waals surface area contributed by atoms with E-state index in [4.69, 9.17) is 4.74 Å². The summed E-state index contributed by atoms with van der Waals surface area (Å²) in [5, 5.41) is 12.5. The van der Waals surface area contributed by atoms with E-state index in [1.54, 1.807) is 36.5 Å². The molecule has 0 radical (unpaired) electrons. The second-order valence-electron chi connectivity index (χ2n) is 8.19. The molecule has 1 heterocycles. The summed E-state index contributed by atoms with van der Waals surface area (Å²) in [6.07, 6.45) is -2.67. The Morgan fingerprint density at radius 2 is 1.71 bits per heavy atom. The van der Waals surface area contributed by atoms with Gasteiger partial charge in [-0.15, -0.1) is 0 Å². The number of amides is 1. The van der Waals surface area contributed by atoms with Gasteiger partial charge in [0.25, 0.3) is 5.91 Å². The van der Waals surface area contributed by atoms with Gasteiger partial charge in [-0.2, -0.15) is 18.3 Å². The maximum atomic E-state index is 13.0. The average molecular weight is 475 g/mol. The number of carbonyl (C=O) groups excluding carboxylic acids is 1. The Balaban J connectivity index is 1.36. The van der Waals surface area contributed by atoms with Crippen LogP contribution in [-0.4, -0.2) is 16.1 Å². The molecule has 5 aromatic rings. The molecular weight excluding hydrogens is 455 g/mol. The minimum absolute atomic E-state index is 0.232. The molecule has 0 fully saturated rings. The lowest BCUT2D eigenvalue weighted by atomic mass is 10.0. The van der Waals surface area contributed by atoms with Gasteiger partial charge in [-0.1, -0.05) is 30.3 Å². The second kappa shape index (κ2) is 8.79. The van der Waals surface area contributed by atoms with Crippen LogP contribution in [0, 0.1) is 0 Å². The molecule has 8 heteroatoms. The van der Waals surface area contributed by atoms with E-state index in [-0.39, 0.29) is 17.7 Å². The Hall–Kier alpha value is -4.33. The lowest BCUT2D eigenvalue weighted by Gasteiger charge is -2.16. The summed E-state index contributed by atoms with van der Waals surface area (Å²) in [6, 6.07) is 20.6.